The van der Waals surface area contributed by atoms with Crippen molar-refractivity contribution in [1.82, 2.24) is 5.32 Å². The molecule has 20 heavy (non-hydrogen) atoms. The fourth-order valence-corrected chi connectivity index (χ4v) is 2.46. The van der Waals surface area contributed by atoms with Crippen molar-refractivity contribution >= 4 is 17.6 Å². The Kier molecular flexibility index (Phi) is 4.27. The summed E-state index contributed by atoms with van der Waals surface area (Å²) in [5.74, 6) is -1.47. The molecular weight excluding hydrogens is 256 g/mol. The van der Waals surface area contributed by atoms with E-state index in [0.717, 1.165) is 30.6 Å². The topological polar surface area (TPSA) is 78.4 Å². The Morgan fingerprint density at radius 3 is 2.75 bits per heavy atom. The molecule has 0 fully saturated rings. The maximum Gasteiger partial charge on any atom is 0.326 e. The molecule has 1 aliphatic heterocycles. The SMILES string of the molecule is CC(C)C(NC(=O)c1cccc2c1CCCN2)C(=O)O. The van der Waals surface area contributed by atoms with Crippen molar-refractivity contribution in [2.24, 2.45) is 5.92 Å². The van der Waals surface area contributed by atoms with Crippen molar-refractivity contribution < 1.29 is 14.7 Å². The lowest BCUT2D eigenvalue weighted by molar-refractivity contribution is -0.140. The van der Waals surface area contributed by atoms with Crippen LogP contribution in [0.2, 0.25) is 0 Å². The minimum atomic E-state index is -1.00. The molecule has 0 aliphatic carbocycles. The third kappa shape index (κ3) is 2.92. The van der Waals surface area contributed by atoms with E-state index in [9.17, 15) is 9.59 Å². The largest absolute Gasteiger partial charge is 0.480 e. The number of nitrogens with one attached hydrogen (secondary N) is 2. The van der Waals surface area contributed by atoms with E-state index < -0.39 is 12.0 Å². The summed E-state index contributed by atoms with van der Waals surface area (Å²) in [6.45, 7) is 4.46. The molecule has 2 rings (SSSR count). The van der Waals surface area contributed by atoms with E-state index in [1.807, 2.05) is 12.1 Å². The molecule has 1 aromatic rings. The first-order valence-electron chi connectivity index (χ1n) is 6.90. The van der Waals surface area contributed by atoms with Gasteiger partial charge in [-0.2, -0.15) is 0 Å². The van der Waals surface area contributed by atoms with Crippen molar-refractivity contribution in [2.75, 3.05) is 11.9 Å². The van der Waals surface area contributed by atoms with E-state index in [0.29, 0.717) is 5.56 Å². The van der Waals surface area contributed by atoms with Gasteiger partial charge in [-0.1, -0.05) is 19.9 Å². The van der Waals surface area contributed by atoms with Crippen molar-refractivity contribution in [3.63, 3.8) is 0 Å². The molecule has 0 spiro atoms. The fraction of sp³-hybridized carbons (Fsp3) is 0.467. The number of aliphatic carboxylic acids is 1. The quantitative estimate of drug-likeness (QED) is 0.784. The van der Waals surface area contributed by atoms with E-state index in [1.165, 1.54) is 0 Å². The zero-order chi connectivity index (χ0) is 14.7. The number of anilines is 1. The molecule has 1 amide bonds. The van der Waals surface area contributed by atoms with Gasteiger partial charge in [0.2, 0.25) is 0 Å². The van der Waals surface area contributed by atoms with Gasteiger partial charge in [0.1, 0.15) is 6.04 Å². The van der Waals surface area contributed by atoms with Gasteiger partial charge in [-0.05, 0) is 36.5 Å². The molecule has 0 saturated carbocycles. The Balaban J connectivity index is 2.23. The predicted molar refractivity (Wildman–Crippen MR) is 77.0 cm³/mol. The highest BCUT2D eigenvalue weighted by molar-refractivity contribution is 5.99. The number of carboxylic acids is 1. The molecule has 1 atom stereocenters. The van der Waals surface area contributed by atoms with Gasteiger partial charge in [-0.25, -0.2) is 4.79 Å². The standard InChI is InChI=1S/C15H20N2O3/c1-9(2)13(15(19)20)17-14(18)11-5-3-7-12-10(11)6-4-8-16-12/h3,5,7,9,13,16H,4,6,8H2,1-2H3,(H,17,18)(H,19,20). The summed E-state index contributed by atoms with van der Waals surface area (Å²) in [5, 5.41) is 15.0. The molecule has 5 heteroatoms. The average molecular weight is 276 g/mol. The summed E-state index contributed by atoms with van der Waals surface area (Å²) in [6.07, 6.45) is 1.81. The van der Waals surface area contributed by atoms with Gasteiger partial charge >= 0.3 is 5.97 Å². The van der Waals surface area contributed by atoms with Crippen molar-refractivity contribution in [1.29, 1.82) is 0 Å². The third-order valence-electron chi connectivity index (χ3n) is 3.56. The number of amides is 1. The van der Waals surface area contributed by atoms with Crippen LogP contribution in [0.5, 0.6) is 0 Å². The molecule has 0 radical (unpaired) electrons. The first kappa shape index (κ1) is 14.4. The molecule has 1 aromatic carbocycles. The van der Waals surface area contributed by atoms with Gasteiger partial charge in [0.05, 0.1) is 0 Å². The summed E-state index contributed by atoms with van der Waals surface area (Å²) < 4.78 is 0. The van der Waals surface area contributed by atoms with E-state index in [1.54, 1.807) is 19.9 Å². The van der Waals surface area contributed by atoms with Crippen LogP contribution in [0, 0.1) is 5.92 Å². The summed E-state index contributed by atoms with van der Waals surface area (Å²) in [4.78, 5) is 23.5. The molecule has 1 aliphatic rings. The molecular formula is C15H20N2O3. The number of carbonyl (C=O) groups excluding carboxylic acids is 1. The minimum absolute atomic E-state index is 0.158. The number of carboxylic acid groups (broad SMARTS) is 1. The molecule has 1 heterocycles. The number of carbonyl (C=O) groups is 2. The molecule has 0 bridgehead atoms. The summed E-state index contributed by atoms with van der Waals surface area (Å²) in [5.41, 5.74) is 2.52. The van der Waals surface area contributed by atoms with Gasteiger partial charge in [0, 0.05) is 17.8 Å². The molecule has 0 saturated heterocycles. The van der Waals surface area contributed by atoms with E-state index in [2.05, 4.69) is 10.6 Å². The van der Waals surface area contributed by atoms with Crippen LogP contribution in [0.3, 0.4) is 0 Å². The zero-order valence-corrected chi connectivity index (χ0v) is 11.8. The lowest BCUT2D eigenvalue weighted by atomic mass is 9.96. The predicted octanol–water partition coefficient (Wildman–Crippen LogP) is 1.88. The Morgan fingerprint density at radius 1 is 1.35 bits per heavy atom. The van der Waals surface area contributed by atoms with Gasteiger partial charge in [-0.3, -0.25) is 4.79 Å². The third-order valence-corrected chi connectivity index (χ3v) is 3.56. The number of hydrogen-bond acceptors (Lipinski definition) is 3. The first-order chi connectivity index (χ1) is 9.50. The van der Waals surface area contributed by atoms with Crippen molar-refractivity contribution in [3.8, 4) is 0 Å². The van der Waals surface area contributed by atoms with Gasteiger partial charge in [-0.15, -0.1) is 0 Å². The fourth-order valence-electron chi connectivity index (χ4n) is 2.46. The van der Waals surface area contributed by atoms with E-state index in [4.69, 9.17) is 5.11 Å². The summed E-state index contributed by atoms with van der Waals surface area (Å²) >= 11 is 0. The Morgan fingerprint density at radius 2 is 2.10 bits per heavy atom. The summed E-state index contributed by atoms with van der Waals surface area (Å²) in [7, 11) is 0. The van der Waals surface area contributed by atoms with Crippen LogP contribution in [0.25, 0.3) is 0 Å². The second-order valence-corrected chi connectivity index (χ2v) is 5.40. The highest BCUT2D eigenvalue weighted by atomic mass is 16.4. The Bertz CT molecular complexity index is 526. The Labute approximate surface area is 118 Å². The number of hydrogen-bond donors (Lipinski definition) is 3. The van der Waals surface area contributed by atoms with Crippen LogP contribution in [0.4, 0.5) is 5.69 Å². The van der Waals surface area contributed by atoms with Gasteiger partial charge in [0.15, 0.2) is 0 Å². The number of fused-ring (bicyclic) bond motifs is 1. The molecule has 0 aromatic heterocycles. The molecule has 5 nitrogen and oxygen atoms in total. The minimum Gasteiger partial charge on any atom is -0.480 e. The van der Waals surface area contributed by atoms with Gasteiger partial charge in [0.25, 0.3) is 5.91 Å². The highest BCUT2D eigenvalue weighted by Gasteiger charge is 2.25. The van der Waals surface area contributed by atoms with E-state index >= 15 is 0 Å². The van der Waals surface area contributed by atoms with Crippen molar-refractivity contribution in [2.45, 2.75) is 32.7 Å². The molecule has 3 N–H and O–H groups in total. The van der Waals surface area contributed by atoms with Crippen LogP contribution in [0.15, 0.2) is 18.2 Å². The zero-order valence-electron chi connectivity index (χ0n) is 11.8. The molecule has 1 unspecified atom stereocenters. The van der Waals surface area contributed by atoms with Crippen LogP contribution in [-0.2, 0) is 11.2 Å². The number of rotatable bonds is 4. The lowest BCUT2D eigenvalue weighted by Crippen LogP contribution is -2.44. The van der Waals surface area contributed by atoms with Crippen LogP contribution in [-0.4, -0.2) is 29.6 Å². The van der Waals surface area contributed by atoms with Crippen molar-refractivity contribution in [3.05, 3.63) is 29.3 Å². The monoisotopic (exact) mass is 276 g/mol. The normalized spacial score (nSPS) is 15.2. The number of benzene rings is 1. The second-order valence-electron chi connectivity index (χ2n) is 5.40. The second kappa shape index (κ2) is 5.94. The maximum absolute atomic E-state index is 12.3. The van der Waals surface area contributed by atoms with Crippen LogP contribution >= 0.6 is 0 Å². The Hall–Kier alpha value is -2.04. The van der Waals surface area contributed by atoms with Crippen LogP contribution in [0.1, 0.15) is 36.2 Å². The first-order valence-corrected chi connectivity index (χ1v) is 6.90. The average Bonchev–Trinajstić information content (AvgIpc) is 2.43. The maximum atomic E-state index is 12.3. The van der Waals surface area contributed by atoms with E-state index in [-0.39, 0.29) is 11.8 Å². The summed E-state index contributed by atoms with van der Waals surface area (Å²) in [6, 6.07) is 4.65. The van der Waals surface area contributed by atoms with Crippen LogP contribution < -0.4 is 10.6 Å². The molecule has 108 valence electrons. The van der Waals surface area contributed by atoms with Gasteiger partial charge < -0.3 is 15.7 Å². The lowest BCUT2D eigenvalue weighted by Gasteiger charge is -2.22. The smallest absolute Gasteiger partial charge is 0.326 e. The highest BCUT2D eigenvalue weighted by Crippen LogP contribution is 2.25.